The smallest absolute Gasteiger partial charge is 0.234 e. The lowest BCUT2D eigenvalue weighted by atomic mass is 10.00. The van der Waals surface area contributed by atoms with Crippen LogP contribution in [0.15, 0.2) is 66.7 Å². The van der Waals surface area contributed by atoms with Crippen molar-refractivity contribution in [2.45, 2.75) is 32.2 Å². The zero-order valence-corrected chi connectivity index (χ0v) is 20.7. The Bertz CT molecular complexity index is 1140. The van der Waals surface area contributed by atoms with E-state index in [4.69, 9.17) is 4.74 Å². The summed E-state index contributed by atoms with van der Waals surface area (Å²) in [7, 11) is 1.65. The Morgan fingerprint density at radius 1 is 0.943 bits per heavy atom. The maximum Gasteiger partial charge on any atom is 0.234 e. The number of methoxy groups -OCH3 is 1. The van der Waals surface area contributed by atoms with Crippen LogP contribution in [0.25, 0.3) is 10.8 Å². The normalized spacial score (nSPS) is 15.4. The molecule has 1 heterocycles. The molecule has 35 heavy (non-hydrogen) atoms. The lowest BCUT2D eigenvalue weighted by Gasteiger charge is -2.23. The lowest BCUT2D eigenvalue weighted by Crippen LogP contribution is -2.40. The number of benzene rings is 3. The molecule has 1 saturated heterocycles. The molecule has 0 aliphatic carbocycles. The van der Waals surface area contributed by atoms with Crippen LogP contribution in [-0.2, 0) is 16.0 Å². The van der Waals surface area contributed by atoms with Gasteiger partial charge in [-0.15, -0.1) is 0 Å². The minimum absolute atomic E-state index is 0.0183. The Labute approximate surface area is 207 Å². The summed E-state index contributed by atoms with van der Waals surface area (Å²) in [5.74, 6) is 1.02. The summed E-state index contributed by atoms with van der Waals surface area (Å²) in [6.45, 7) is 5.32. The third kappa shape index (κ3) is 6.61. The minimum Gasteiger partial charge on any atom is -0.497 e. The average Bonchev–Trinajstić information content (AvgIpc) is 3.12. The first-order chi connectivity index (χ1) is 17.0. The van der Waals surface area contributed by atoms with Gasteiger partial charge in [-0.3, -0.25) is 14.5 Å². The quantitative estimate of drug-likeness (QED) is 0.533. The SMILES string of the molecule is COc1ccc(CCC(=O)N2CCCN(CC(=O)NC(C)c3cccc4ccccc34)CC2)cc1. The fourth-order valence-corrected chi connectivity index (χ4v) is 4.78. The number of fused-ring (bicyclic) bond motifs is 1. The molecule has 1 aliphatic rings. The van der Waals surface area contributed by atoms with E-state index >= 15 is 0 Å². The number of rotatable bonds is 8. The maximum atomic E-state index is 12.8. The summed E-state index contributed by atoms with van der Waals surface area (Å²) in [6.07, 6.45) is 2.09. The molecule has 184 valence electrons. The van der Waals surface area contributed by atoms with Gasteiger partial charge in [-0.2, -0.15) is 0 Å². The van der Waals surface area contributed by atoms with Crippen LogP contribution in [-0.4, -0.2) is 61.4 Å². The van der Waals surface area contributed by atoms with Gasteiger partial charge in [0.25, 0.3) is 0 Å². The molecule has 0 aromatic heterocycles. The molecule has 1 unspecified atom stereocenters. The van der Waals surface area contributed by atoms with Gasteiger partial charge < -0.3 is 15.0 Å². The van der Waals surface area contributed by atoms with Crippen LogP contribution in [0.3, 0.4) is 0 Å². The zero-order chi connectivity index (χ0) is 24.6. The first-order valence-corrected chi connectivity index (χ1v) is 12.4. The van der Waals surface area contributed by atoms with Crippen LogP contribution >= 0.6 is 0 Å². The molecule has 2 amide bonds. The summed E-state index contributed by atoms with van der Waals surface area (Å²) in [6, 6.07) is 22.3. The zero-order valence-electron chi connectivity index (χ0n) is 20.7. The fourth-order valence-electron chi connectivity index (χ4n) is 4.78. The van der Waals surface area contributed by atoms with Gasteiger partial charge in [-0.05, 0) is 53.8 Å². The number of amides is 2. The molecule has 3 aromatic rings. The number of carbonyl (C=O) groups excluding carboxylic acids is 2. The van der Waals surface area contributed by atoms with E-state index < -0.39 is 0 Å². The van der Waals surface area contributed by atoms with Gasteiger partial charge in [-0.1, -0.05) is 54.6 Å². The molecule has 0 radical (unpaired) electrons. The van der Waals surface area contributed by atoms with E-state index in [1.54, 1.807) is 7.11 Å². The number of nitrogens with zero attached hydrogens (tertiary/aromatic N) is 2. The molecule has 0 spiro atoms. The number of hydrogen-bond acceptors (Lipinski definition) is 4. The van der Waals surface area contributed by atoms with Crippen molar-refractivity contribution in [1.29, 1.82) is 0 Å². The van der Waals surface area contributed by atoms with Gasteiger partial charge in [0, 0.05) is 32.6 Å². The lowest BCUT2D eigenvalue weighted by molar-refractivity contribution is -0.131. The van der Waals surface area contributed by atoms with Crippen LogP contribution in [0.1, 0.15) is 36.9 Å². The van der Waals surface area contributed by atoms with Gasteiger partial charge in [0.2, 0.25) is 11.8 Å². The Balaban J connectivity index is 1.25. The number of hydrogen-bond donors (Lipinski definition) is 1. The molecule has 1 aliphatic heterocycles. The van der Waals surface area contributed by atoms with Crippen molar-refractivity contribution in [3.05, 3.63) is 77.9 Å². The monoisotopic (exact) mass is 473 g/mol. The van der Waals surface area contributed by atoms with E-state index in [0.717, 1.165) is 42.8 Å². The third-order valence-electron chi connectivity index (χ3n) is 6.76. The van der Waals surface area contributed by atoms with Crippen molar-refractivity contribution >= 4 is 22.6 Å². The maximum absolute atomic E-state index is 12.8. The molecular formula is C29H35N3O3. The first-order valence-electron chi connectivity index (χ1n) is 12.4. The van der Waals surface area contributed by atoms with Crippen molar-refractivity contribution in [1.82, 2.24) is 15.1 Å². The molecule has 6 nitrogen and oxygen atoms in total. The predicted octanol–water partition coefficient (Wildman–Crippen LogP) is 4.19. The number of nitrogens with one attached hydrogen (secondary N) is 1. The van der Waals surface area contributed by atoms with Crippen molar-refractivity contribution in [3.8, 4) is 5.75 Å². The largest absolute Gasteiger partial charge is 0.497 e. The molecule has 4 rings (SSSR count). The van der Waals surface area contributed by atoms with Gasteiger partial charge >= 0.3 is 0 Å². The van der Waals surface area contributed by atoms with Crippen LogP contribution in [0, 0.1) is 0 Å². The second-order valence-electron chi connectivity index (χ2n) is 9.22. The Kier molecular flexibility index (Phi) is 8.37. The standard InChI is InChI=1S/C29H35N3O3/c1-22(26-10-5-8-24-7-3-4-9-27(24)26)30-28(33)21-31-17-6-18-32(20-19-31)29(34)16-13-23-11-14-25(35-2)15-12-23/h3-5,7-12,14-15,22H,6,13,16-21H2,1-2H3,(H,30,33). The van der Waals surface area contributed by atoms with Crippen LogP contribution in [0.4, 0.5) is 0 Å². The first kappa shape index (κ1) is 24.7. The molecule has 0 saturated carbocycles. The van der Waals surface area contributed by atoms with E-state index in [2.05, 4.69) is 34.5 Å². The van der Waals surface area contributed by atoms with E-state index in [1.807, 2.05) is 54.3 Å². The Morgan fingerprint density at radius 3 is 2.51 bits per heavy atom. The van der Waals surface area contributed by atoms with Crippen LogP contribution in [0.5, 0.6) is 5.75 Å². The van der Waals surface area contributed by atoms with Crippen molar-refractivity contribution in [2.24, 2.45) is 0 Å². The molecule has 1 N–H and O–H groups in total. The topological polar surface area (TPSA) is 61.9 Å². The highest BCUT2D eigenvalue weighted by molar-refractivity contribution is 5.87. The van der Waals surface area contributed by atoms with E-state index in [9.17, 15) is 9.59 Å². The van der Waals surface area contributed by atoms with E-state index in [1.165, 1.54) is 10.8 Å². The summed E-state index contributed by atoms with van der Waals surface area (Å²) >= 11 is 0. The summed E-state index contributed by atoms with van der Waals surface area (Å²) in [4.78, 5) is 29.7. The van der Waals surface area contributed by atoms with Gasteiger partial charge in [0.05, 0.1) is 19.7 Å². The molecule has 0 bridgehead atoms. The molecule has 1 atom stereocenters. The van der Waals surface area contributed by atoms with Crippen molar-refractivity contribution in [3.63, 3.8) is 0 Å². The second kappa shape index (κ2) is 11.8. The number of aryl methyl sites for hydroxylation is 1. The Hall–Kier alpha value is -3.38. The highest BCUT2D eigenvalue weighted by Crippen LogP contribution is 2.24. The summed E-state index contributed by atoms with van der Waals surface area (Å²) < 4.78 is 5.19. The number of ether oxygens (including phenoxy) is 1. The minimum atomic E-state index is -0.0726. The second-order valence-corrected chi connectivity index (χ2v) is 9.22. The average molecular weight is 474 g/mol. The highest BCUT2D eigenvalue weighted by atomic mass is 16.5. The predicted molar refractivity (Wildman–Crippen MR) is 139 cm³/mol. The summed E-state index contributed by atoms with van der Waals surface area (Å²) in [5.41, 5.74) is 2.26. The van der Waals surface area contributed by atoms with Gasteiger partial charge in [-0.25, -0.2) is 0 Å². The summed E-state index contributed by atoms with van der Waals surface area (Å²) in [5, 5.41) is 5.51. The molecular weight excluding hydrogens is 438 g/mol. The van der Waals surface area contributed by atoms with Crippen LogP contribution < -0.4 is 10.1 Å². The Morgan fingerprint density at radius 2 is 1.71 bits per heavy atom. The fraction of sp³-hybridized carbons (Fsp3) is 0.379. The highest BCUT2D eigenvalue weighted by Gasteiger charge is 2.21. The third-order valence-corrected chi connectivity index (χ3v) is 6.76. The van der Waals surface area contributed by atoms with Crippen molar-refractivity contribution < 1.29 is 14.3 Å². The van der Waals surface area contributed by atoms with E-state index in [-0.39, 0.29) is 17.9 Å². The van der Waals surface area contributed by atoms with Crippen LogP contribution in [0.2, 0.25) is 0 Å². The van der Waals surface area contributed by atoms with Gasteiger partial charge in [0.1, 0.15) is 5.75 Å². The van der Waals surface area contributed by atoms with E-state index in [0.29, 0.717) is 26.1 Å². The molecule has 3 aromatic carbocycles. The number of carbonyl (C=O) groups is 2. The van der Waals surface area contributed by atoms with Gasteiger partial charge in [0.15, 0.2) is 0 Å². The molecule has 1 fully saturated rings. The van der Waals surface area contributed by atoms with Crippen molar-refractivity contribution in [2.75, 3.05) is 39.8 Å². The molecule has 6 heteroatoms.